The van der Waals surface area contributed by atoms with Crippen LogP contribution in [-0.2, 0) is 0 Å². The third-order valence-electron chi connectivity index (χ3n) is 1.57. The van der Waals surface area contributed by atoms with Crippen molar-refractivity contribution in [3.05, 3.63) is 11.8 Å². The van der Waals surface area contributed by atoms with Crippen LogP contribution in [0.5, 0.6) is 0 Å². The number of hydrogen-bond donors (Lipinski definition) is 0. The lowest BCUT2D eigenvalue weighted by Gasteiger charge is -1.97. The van der Waals surface area contributed by atoms with E-state index in [9.17, 15) is 0 Å². The molecule has 0 amide bonds. The lowest BCUT2D eigenvalue weighted by atomic mass is 10.1. The largest absolute Gasteiger partial charge is 0.269 e. The molecule has 0 atom stereocenters. The molecule has 0 unspecified atom stereocenters. The molecule has 0 heterocycles. The zero-order valence-electron chi connectivity index (χ0n) is 7.93. The molecule has 0 fully saturated rings. The summed E-state index contributed by atoms with van der Waals surface area (Å²) in [7, 11) is 0. The van der Waals surface area contributed by atoms with E-state index in [2.05, 4.69) is 25.8 Å². The fourth-order valence-electron chi connectivity index (χ4n) is 0.917. The number of allylic oxidation sites excluding steroid dienone is 1. The van der Waals surface area contributed by atoms with Crippen molar-refractivity contribution in [3.63, 3.8) is 0 Å². The van der Waals surface area contributed by atoms with E-state index in [1.54, 1.807) is 0 Å². The maximum Gasteiger partial charge on any atom is 0.0255 e. The van der Waals surface area contributed by atoms with Gasteiger partial charge >= 0.3 is 0 Å². The lowest BCUT2D eigenvalue weighted by Crippen LogP contribution is -1.79. The molecule has 0 rings (SSSR count). The SMILES string of the molecule is CCC=N/C=C(\CC)CCC. The number of rotatable bonds is 5. The van der Waals surface area contributed by atoms with Gasteiger partial charge in [-0.3, -0.25) is 4.99 Å². The van der Waals surface area contributed by atoms with Gasteiger partial charge in [-0.05, 0) is 19.3 Å². The Morgan fingerprint density at radius 1 is 1.27 bits per heavy atom. The molecule has 0 aliphatic carbocycles. The van der Waals surface area contributed by atoms with Gasteiger partial charge in [0.2, 0.25) is 0 Å². The maximum atomic E-state index is 4.19. The van der Waals surface area contributed by atoms with Gasteiger partial charge in [0.25, 0.3) is 0 Å². The number of aliphatic imine (C=N–C) groups is 1. The summed E-state index contributed by atoms with van der Waals surface area (Å²) in [5.41, 5.74) is 1.46. The van der Waals surface area contributed by atoms with E-state index < -0.39 is 0 Å². The average molecular weight is 153 g/mol. The Hall–Kier alpha value is -0.590. The monoisotopic (exact) mass is 153 g/mol. The first-order valence-corrected chi connectivity index (χ1v) is 4.54. The molecule has 0 bridgehead atoms. The van der Waals surface area contributed by atoms with Crippen LogP contribution in [0.15, 0.2) is 16.8 Å². The molecule has 0 radical (unpaired) electrons. The summed E-state index contributed by atoms with van der Waals surface area (Å²) in [6.07, 6.45) is 8.53. The van der Waals surface area contributed by atoms with E-state index in [1.807, 2.05) is 12.4 Å². The highest BCUT2D eigenvalue weighted by Crippen LogP contribution is 2.08. The molecule has 0 aromatic carbocycles. The summed E-state index contributed by atoms with van der Waals surface area (Å²) in [6.45, 7) is 6.48. The third kappa shape index (κ3) is 5.84. The van der Waals surface area contributed by atoms with Gasteiger partial charge in [0.05, 0.1) is 0 Å². The van der Waals surface area contributed by atoms with Crippen LogP contribution in [0.2, 0.25) is 0 Å². The van der Waals surface area contributed by atoms with E-state index >= 15 is 0 Å². The summed E-state index contributed by atoms with van der Waals surface area (Å²) in [5, 5.41) is 0. The van der Waals surface area contributed by atoms with Crippen molar-refractivity contribution in [2.24, 2.45) is 4.99 Å². The van der Waals surface area contributed by atoms with Crippen LogP contribution >= 0.6 is 0 Å². The minimum absolute atomic E-state index is 1.03. The molecule has 11 heavy (non-hydrogen) atoms. The molecule has 0 saturated carbocycles. The van der Waals surface area contributed by atoms with Crippen LogP contribution in [0.3, 0.4) is 0 Å². The van der Waals surface area contributed by atoms with Crippen molar-refractivity contribution in [1.82, 2.24) is 0 Å². The normalized spacial score (nSPS) is 12.8. The minimum Gasteiger partial charge on any atom is -0.269 e. The van der Waals surface area contributed by atoms with Gasteiger partial charge in [0.15, 0.2) is 0 Å². The van der Waals surface area contributed by atoms with Gasteiger partial charge in [-0.15, -0.1) is 0 Å². The molecule has 0 aromatic heterocycles. The number of nitrogens with zero attached hydrogens (tertiary/aromatic N) is 1. The Labute approximate surface area is 70.2 Å². The van der Waals surface area contributed by atoms with Gasteiger partial charge in [0.1, 0.15) is 0 Å². The van der Waals surface area contributed by atoms with E-state index in [0.29, 0.717) is 0 Å². The Balaban J connectivity index is 3.79. The first-order chi connectivity index (χ1) is 5.35. The molecule has 0 spiro atoms. The molecule has 1 heteroatoms. The Kier molecular flexibility index (Phi) is 7.11. The quantitative estimate of drug-likeness (QED) is 0.535. The molecule has 0 saturated heterocycles. The van der Waals surface area contributed by atoms with Gasteiger partial charge < -0.3 is 0 Å². The topological polar surface area (TPSA) is 12.4 Å². The van der Waals surface area contributed by atoms with Crippen LogP contribution in [0, 0.1) is 0 Å². The van der Waals surface area contributed by atoms with Crippen molar-refractivity contribution in [3.8, 4) is 0 Å². The predicted octanol–water partition coefficient (Wildman–Crippen LogP) is 3.56. The summed E-state index contributed by atoms with van der Waals surface area (Å²) >= 11 is 0. The fourth-order valence-corrected chi connectivity index (χ4v) is 0.917. The van der Waals surface area contributed by atoms with Gasteiger partial charge in [-0.25, -0.2) is 0 Å². The highest BCUT2D eigenvalue weighted by molar-refractivity contribution is 5.57. The van der Waals surface area contributed by atoms with Crippen LogP contribution in [0.4, 0.5) is 0 Å². The van der Waals surface area contributed by atoms with Crippen molar-refractivity contribution in [2.75, 3.05) is 0 Å². The summed E-state index contributed by atoms with van der Waals surface area (Å²) < 4.78 is 0. The first kappa shape index (κ1) is 10.4. The van der Waals surface area contributed by atoms with E-state index in [1.165, 1.54) is 18.4 Å². The first-order valence-electron chi connectivity index (χ1n) is 4.54. The second kappa shape index (κ2) is 7.52. The molecule has 0 aliphatic heterocycles. The summed E-state index contributed by atoms with van der Waals surface area (Å²) in [6, 6.07) is 0. The van der Waals surface area contributed by atoms with Crippen LogP contribution in [0.25, 0.3) is 0 Å². The summed E-state index contributed by atoms with van der Waals surface area (Å²) in [4.78, 5) is 4.19. The van der Waals surface area contributed by atoms with Crippen molar-refractivity contribution in [2.45, 2.75) is 46.5 Å². The van der Waals surface area contributed by atoms with Crippen molar-refractivity contribution >= 4 is 6.21 Å². The standard InChI is InChI=1S/C10H19N/c1-4-7-10(6-3)9-11-8-5-2/h8-9H,4-7H2,1-3H3/b10-9+,11-8?. The van der Waals surface area contributed by atoms with E-state index in [4.69, 9.17) is 0 Å². The molecular weight excluding hydrogens is 134 g/mol. The Bertz CT molecular complexity index is 134. The molecule has 1 nitrogen and oxygen atoms in total. The highest BCUT2D eigenvalue weighted by Gasteiger charge is 1.89. The molecule has 0 aliphatic rings. The van der Waals surface area contributed by atoms with Crippen LogP contribution < -0.4 is 0 Å². The third-order valence-corrected chi connectivity index (χ3v) is 1.57. The molecule has 0 aromatic rings. The predicted molar refractivity (Wildman–Crippen MR) is 52.1 cm³/mol. The lowest BCUT2D eigenvalue weighted by molar-refractivity contribution is 0.854. The second-order valence-corrected chi connectivity index (χ2v) is 2.63. The minimum atomic E-state index is 1.03. The average Bonchev–Trinajstić information content (AvgIpc) is 2.03. The van der Waals surface area contributed by atoms with Crippen molar-refractivity contribution in [1.29, 1.82) is 0 Å². The zero-order chi connectivity index (χ0) is 8.53. The van der Waals surface area contributed by atoms with E-state index in [0.717, 1.165) is 12.8 Å². The van der Waals surface area contributed by atoms with Crippen LogP contribution in [0.1, 0.15) is 46.5 Å². The molecular formula is C10H19N. The summed E-state index contributed by atoms with van der Waals surface area (Å²) in [5.74, 6) is 0. The number of hydrogen-bond acceptors (Lipinski definition) is 1. The van der Waals surface area contributed by atoms with Gasteiger partial charge in [-0.1, -0.05) is 32.8 Å². The van der Waals surface area contributed by atoms with Crippen LogP contribution in [-0.4, -0.2) is 6.21 Å². The van der Waals surface area contributed by atoms with Gasteiger partial charge in [0, 0.05) is 12.4 Å². The molecule has 64 valence electrons. The van der Waals surface area contributed by atoms with E-state index in [-0.39, 0.29) is 0 Å². The zero-order valence-corrected chi connectivity index (χ0v) is 7.93. The van der Waals surface area contributed by atoms with Gasteiger partial charge in [-0.2, -0.15) is 0 Å². The van der Waals surface area contributed by atoms with Crippen molar-refractivity contribution < 1.29 is 0 Å². The fraction of sp³-hybridized carbons (Fsp3) is 0.700. The maximum absolute atomic E-state index is 4.19. The Morgan fingerprint density at radius 2 is 2.00 bits per heavy atom. The Morgan fingerprint density at radius 3 is 2.45 bits per heavy atom. The molecule has 0 N–H and O–H groups in total. The smallest absolute Gasteiger partial charge is 0.0255 e. The highest BCUT2D eigenvalue weighted by atomic mass is 14.7. The second-order valence-electron chi connectivity index (χ2n) is 2.63.